The summed E-state index contributed by atoms with van der Waals surface area (Å²) in [5.74, 6) is -0.397. The lowest BCUT2D eigenvalue weighted by atomic mass is 9.86. The van der Waals surface area contributed by atoms with Crippen molar-refractivity contribution in [3.63, 3.8) is 0 Å². The lowest BCUT2D eigenvalue weighted by Gasteiger charge is -2.30. The average Bonchev–Trinajstić information content (AvgIpc) is 2.78. The first-order valence-electron chi connectivity index (χ1n) is 11.0. The summed E-state index contributed by atoms with van der Waals surface area (Å²) in [5, 5.41) is 3.00. The largest absolute Gasteiger partial charge is 0.455 e. The number of piperidine rings is 1. The number of likely N-dealkylation sites (tertiary alicyclic amines) is 1. The molecule has 1 heterocycles. The van der Waals surface area contributed by atoms with Crippen LogP contribution in [-0.2, 0) is 19.1 Å². The van der Waals surface area contributed by atoms with Crippen molar-refractivity contribution in [3.8, 4) is 0 Å². The van der Waals surface area contributed by atoms with E-state index >= 15 is 0 Å². The quantitative estimate of drug-likeness (QED) is 0.575. The van der Waals surface area contributed by atoms with E-state index in [9.17, 15) is 14.4 Å². The van der Waals surface area contributed by atoms with Crippen LogP contribution in [0, 0.1) is 11.8 Å². The lowest BCUT2D eigenvalue weighted by Crippen LogP contribution is -2.43. The van der Waals surface area contributed by atoms with Crippen LogP contribution in [0.4, 0.5) is 0 Å². The van der Waals surface area contributed by atoms with Crippen LogP contribution in [0.3, 0.4) is 0 Å². The highest BCUT2D eigenvalue weighted by Crippen LogP contribution is 2.23. The first-order chi connectivity index (χ1) is 14.5. The Morgan fingerprint density at radius 1 is 1.07 bits per heavy atom. The number of nitrogens with zero attached hydrogens (tertiary/aromatic N) is 1. The van der Waals surface area contributed by atoms with Gasteiger partial charge in [0.2, 0.25) is 5.91 Å². The molecule has 2 aliphatic rings. The summed E-state index contributed by atoms with van der Waals surface area (Å²) < 4.78 is 5.25. The minimum Gasteiger partial charge on any atom is -0.455 e. The minimum absolute atomic E-state index is 0.0494. The third-order valence-electron chi connectivity index (χ3n) is 6.16. The Labute approximate surface area is 178 Å². The fraction of sp³-hybridized carbons (Fsp3) is 0.542. The lowest BCUT2D eigenvalue weighted by molar-refractivity contribution is -0.155. The standard InChI is InChI=1S/C24H32N2O4/c1-18-7-5-6-10-21(18)25-22(27)17-30-24(29)20-13-15-26(16-14-20)23(28)12-11-19-8-3-2-4-9-19/h2-4,8-9,11-12,18,20-21H,5-7,10,13-17H2,1H3,(H,25,27)/b12-11+/t18-,21+/m1/s1. The molecule has 3 rings (SSSR count). The van der Waals surface area contributed by atoms with E-state index in [1.165, 1.54) is 6.42 Å². The summed E-state index contributed by atoms with van der Waals surface area (Å²) in [5.41, 5.74) is 0.977. The molecule has 0 aromatic heterocycles. The second kappa shape index (κ2) is 11.0. The molecule has 1 aliphatic heterocycles. The summed E-state index contributed by atoms with van der Waals surface area (Å²) >= 11 is 0. The first-order valence-corrected chi connectivity index (χ1v) is 11.0. The minimum atomic E-state index is -0.339. The summed E-state index contributed by atoms with van der Waals surface area (Å²) in [6, 6.07) is 9.86. The molecule has 0 spiro atoms. The molecule has 6 nitrogen and oxygen atoms in total. The van der Waals surface area contributed by atoms with E-state index in [4.69, 9.17) is 4.74 Å². The highest BCUT2D eigenvalue weighted by Gasteiger charge is 2.28. The van der Waals surface area contributed by atoms with Crippen LogP contribution in [0.15, 0.2) is 36.4 Å². The van der Waals surface area contributed by atoms with Gasteiger partial charge in [-0.1, -0.05) is 50.1 Å². The molecule has 0 unspecified atom stereocenters. The highest BCUT2D eigenvalue weighted by molar-refractivity contribution is 5.92. The Morgan fingerprint density at radius 2 is 1.77 bits per heavy atom. The van der Waals surface area contributed by atoms with Crippen LogP contribution in [0.2, 0.25) is 0 Å². The van der Waals surface area contributed by atoms with Crippen molar-refractivity contribution in [2.75, 3.05) is 19.7 Å². The smallest absolute Gasteiger partial charge is 0.309 e. The fourth-order valence-electron chi connectivity index (χ4n) is 4.21. The highest BCUT2D eigenvalue weighted by atomic mass is 16.5. The molecule has 1 saturated heterocycles. The van der Waals surface area contributed by atoms with Crippen LogP contribution >= 0.6 is 0 Å². The molecule has 2 atom stereocenters. The number of rotatable bonds is 6. The molecule has 1 N–H and O–H groups in total. The molecule has 1 saturated carbocycles. The Hall–Kier alpha value is -2.63. The van der Waals surface area contributed by atoms with Crippen molar-refractivity contribution < 1.29 is 19.1 Å². The van der Waals surface area contributed by atoms with Crippen molar-refractivity contribution in [1.82, 2.24) is 10.2 Å². The second-order valence-electron chi connectivity index (χ2n) is 8.39. The normalized spacial score (nSPS) is 22.6. The first kappa shape index (κ1) is 22.1. The van der Waals surface area contributed by atoms with Crippen molar-refractivity contribution in [2.24, 2.45) is 11.8 Å². The number of carbonyl (C=O) groups excluding carboxylic acids is 3. The van der Waals surface area contributed by atoms with E-state index in [1.807, 2.05) is 30.3 Å². The van der Waals surface area contributed by atoms with Crippen molar-refractivity contribution in [2.45, 2.75) is 51.5 Å². The molecular weight excluding hydrogens is 380 g/mol. The molecule has 0 radical (unpaired) electrons. The number of amides is 2. The molecule has 162 valence electrons. The third kappa shape index (κ3) is 6.44. The van der Waals surface area contributed by atoms with Gasteiger partial charge in [0, 0.05) is 25.2 Å². The van der Waals surface area contributed by atoms with Crippen LogP contribution in [0.1, 0.15) is 51.0 Å². The molecule has 1 aromatic carbocycles. The second-order valence-corrected chi connectivity index (χ2v) is 8.39. The summed E-state index contributed by atoms with van der Waals surface area (Å²) in [6.07, 6.45) is 8.96. The maximum Gasteiger partial charge on any atom is 0.309 e. The average molecular weight is 413 g/mol. The van der Waals surface area contributed by atoms with Crippen molar-refractivity contribution in [1.29, 1.82) is 0 Å². The molecule has 1 aromatic rings. The van der Waals surface area contributed by atoms with E-state index in [0.717, 1.165) is 24.8 Å². The van der Waals surface area contributed by atoms with Crippen LogP contribution in [-0.4, -0.2) is 48.4 Å². The molecule has 2 fully saturated rings. The summed E-state index contributed by atoms with van der Waals surface area (Å²) in [7, 11) is 0. The molecule has 6 heteroatoms. The molecule has 0 bridgehead atoms. The van der Waals surface area contributed by atoms with Gasteiger partial charge < -0.3 is 15.0 Å². The van der Waals surface area contributed by atoms with Gasteiger partial charge in [0.1, 0.15) is 0 Å². The van der Waals surface area contributed by atoms with E-state index < -0.39 is 0 Å². The van der Waals surface area contributed by atoms with Gasteiger partial charge >= 0.3 is 5.97 Å². The van der Waals surface area contributed by atoms with Gasteiger partial charge in [0.05, 0.1) is 5.92 Å². The Bertz CT molecular complexity index is 754. The fourth-order valence-corrected chi connectivity index (χ4v) is 4.21. The van der Waals surface area contributed by atoms with Crippen molar-refractivity contribution in [3.05, 3.63) is 42.0 Å². The Balaban J connectivity index is 1.37. The van der Waals surface area contributed by atoms with Gasteiger partial charge in [-0.2, -0.15) is 0 Å². The number of carbonyl (C=O) groups is 3. The van der Waals surface area contributed by atoms with Gasteiger partial charge in [-0.15, -0.1) is 0 Å². The molecule has 1 aliphatic carbocycles. The van der Waals surface area contributed by atoms with Crippen molar-refractivity contribution >= 4 is 23.9 Å². The zero-order valence-corrected chi connectivity index (χ0v) is 17.7. The summed E-state index contributed by atoms with van der Waals surface area (Å²) in [4.78, 5) is 38.6. The predicted octanol–water partition coefficient (Wildman–Crippen LogP) is 3.18. The number of benzene rings is 1. The van der Waals surface area contributed by atoms with Crippen LogP contribution in [0.25, 0.3) is 6.08 Å². The Kier molecular flexibility index (Phi) is 8.05. The number of esters is 1. The number of hydrogen-bond acceptors (Lipinski definition) is 4. The van der Waals surface area contributed by atoms with Crippen LogP contribution < -0.4 is 5.32 Å². The topological polar surface area (TPSA) is 75.7 Å². The monoisotopic (exact) mass is 412 g/mol. The maximum atomic E-state index is 12.3. The Morgan fingerprint density at radius 3 is 2.47 bits per heavy atom. The van der Waals surface area contributed by atoms with Gasteiger partial charge in [-0.05, 0) is 43.2 Å². The van der Waals surface area contributed by atoms with E-state index in [2.05, 4.69) is 12.2 Å². The van der Waals surface area contributed by atoms with Gasteiger partial charge in [0.25, 0.3) is 5.91 Å². The van der Waals surface area contributed by atoms with Gasteiger partial charge in [0.15, 0.2) is 6.61 Å². The zero-order chi connectivity index (χ0) is 21.3. The van der Waals surface area contributed by atoms with Crippen LogP contribution in [0.5, 0.6) is 0 Å². The maximum absolute atomic E-state index is 12.3. The molecule has 30 heavy (non-hydrogen) atoms. The van der Waals surface area contributed by atoms with Gasteiger partial charge in [-0.25, -0.2) is 0 Å². The molecular formula is C24H32N2O4. The molecule has 2 amide bonds. The van der Waals surface area contributed by atoms with E-state index in [1.54, 1.807) is 17.1 Å². The third-order valence-corrected chi connectivity index (χ3v) is 6.16. The zero-order valence-electron chi connectivity index (χ0n) is 17.7. The number of nitrogens with one attached hydrogen (secondary N) is 1. The van der Waals surface area contributed by atoms with Gasteiger partial charge in [-0.3, -0.25) is 14.4 Å². The predicted molar refractivity (Wildman–Crippen MR) is 115 cm³/mol. The summed E-state index contributed by atoms with van der Waals surface area (Å²) in [6.45, 7) is 2.97. The van der Waals surface area contributed by atoms with E-state index in [0.29, 0.717) is 31.8 Å². The number of ether oxygens (including phenoxy) is 1. The number of hydrogen-bond donors (Lipinski definition) is 1. The van der Waals surface area contributed by atoms with E-state index in [-0.39, 0.29) is 36.4 Å². The SMILES string of the molecule is C[C@@H]1CCCC[C@@H]1NC(=O)COC(=O)C1CCN(C(=O)/C=C/c2ccccc2)CC1.